The summed E-state index contributed by atoms with van der Waals surface area (Å²) in [7, 11) is 0. The van der Waals surface area contributed by atoms with Gasteiger partial charge in [-0.05, 0) is 23.7 Å². The van der Waals surface area contributed by atoms with Crippen LogP contribution in [-0.4, -0.2) is 47.2 Å². The molecule has 2 aromatic rings. The Morgan fingerprint density at radius 2 is 2.00 bits per heavy atom. The largest absolute Gasteiger partial charge is 0.378 e. The normalized spacial score (nSPS) is 15.6. The second-order valence-electron chi connectivity index (χ2n) is 4.34. The summed E-state index contributed by atoms with van der Waals surface area (Å²) >= 11 is 5.95. The third-order valence-electron chi connectivity index (χ3n) is 3.06. The van der Waals surface area contributed by atoms with Gasteiger partial charge in [0, 0.05) is 13.1 Å². The van der Waals surface area contributed by atoms with E-state index in [2.05, 4.69) is 15.0 Å². The zero-order chi connectivity index (χ0) is 14.1. The highest BCUT2D eigenvalue weighted by Crippen LogP contribution is 2.24. The predicted octanol–water partition coefficient (Wildman–Crippen LogP) is 0.614. The van der Waals surface area contributed by atoms with E-state index in [0.29, 0.717) is 43.2 Å². The average Bonchev–Trinajstić information content (AvgIpc) is 2.46. The van der Waals surface area contributed by atoms with Crippen LogP contribution in [0, 0.1) is 0 Å². The van der Waals surface area contributed by atoms with Crippen LogP contribution in [0.1, 0.15) is 10.5 Å². The van der Waals surface area contributed by atoms with Crippen molar-refractivity contribution in [2.75, 3.05) is 31.2 Å². The topological polar surface area (TPSA) is 94.2 Å². The highest BCUT2D eigenvalue weighted by molar-refractivity contribution is 6.28. The van der Waals surface area contributed by atoms with Crippen LogP contribution in [-0.2, 0) is 4.74 Å². The van der Waals surface area contributed by atoms with Crippen molar-refractivity contribution in [1.82, 2.24) is 15.0 Å². The van der Waals surface area contributed by atoms with E-state index in [1.165, 1.54) is 6.07 Å². The van der Waals surface area contributed by atoms with Gasteiger partial charge in [0.25, 0.3) is 5.91 Å². The fraction of sp³-hybridized carbons (Fsp3) is 0.333. The van der Waals surface area contributed by atoms with E-state index in [9.17, 15) is 4.79 Å². The van der Waals surface area contributed by atoms with Gasteiger partial charge in [-0.1, -0.05) is 0 Å². The molecule has 0 aliphatic carbocycles. The van der Waals surface area contributed by atoms with Crippen molar-refractivity contribution in [2.24, 2.45) is 5.73 Å². The van der Waals surface area contributed by atoms with Crippen molar-refractivity contribution >= 4 is 34.4 Å². The molecule has 0 unspecified atom stereocenters. The number of hydrogen-bond donors (Lipinski definition) is 1. The maximum absolute atomic E-state index is 11.3. The molecule has 1 fully saturated rings. The van der Waals surface area contributed by atoms with Gasteiger partial charge in [0.1, 0.15) is 11.2 Å². The summed E-state index contributed by atoms with van der Waals surface area (Å²) in [6, 6.07) is 3.19. The number of halogens is 1. The van der Waals surface area contributed by atoms with Crippen LogP contribution in [0.5, 0.6) is 0 Å². The highest BCUT2D eigenvalue weighted by Gasteiger charge is 2.19. The zero-order valence-corrected chi connectivity index (χ0v) is 11.3. The van der Waals surface area contributed by atoms with Crippen LogP contribution < -0.4 is 10.6 Å². The number of hydrogen-bond acceptors (Lipinski definition) is 6. The number of fused-ring (bicyclic) bond motifs is 1. The number of amides is 1. The van der Waals surface area contributed by atoms with Crippen LogP contribution in [0.4, 0.5) is 5.82 Å². The quantitative estimate of drug-likeness (QED) is 0.816. The Kier molecular flexibility index (Phi) is 3.37. The van der Waals surface area contributed by atoms with Crippen molar-refractivity contribution in [2.45, 2.75) is 0 Å². The number of aromatic nitrogens is 3. The fourth-order valence-corrected chi connectivity index (χ4v) is 2.28. The van der Waals surface area contributed by atoms with E-state index in [-0.39, 0.29) is 11.0 Å². The highest BCUT2D eigenvalue weighted by atomic mass is 35.5. The van der Waals surface area contributed by atoms with Gasteiger partial charge in [0.2, 0.25) is 5.28 Å². The molecule has 7 nitrogen and oxygen atoms in total. The molecule has 104 valence electrons. The molecule has 2 N–H and O–H groups in total. The summed E-state index contributed by atoms with van der Waals surface area (Å²) in [5.41, 5.74) is 6.54. The van der Waals surface area contributed by atoms with Crippen molar-refractivity contribution in [3.05, 3.63) is 23.1 Å². The molecule has 0 aromatic carbocycles. The number of rotatable bonds is 2. The first-order valence-corrected chi connectivity index (χ1v) is 6.50. The number of pyridine rings is 1. The van der Waals surface area contributed by atoms with Crippen molar-refractivity contribution in [3.8, 4) is 0 Å². The van der Waals surface area contributed by atoms with Crippen LogP contribution in [0.2, 0.25) is 5.28 Å². The Labute approximate surface area is 119 Å². The van der Waals surface area contributed by atoms with Gasteiger partial charge in [0.15, 0.2) is 5.82 Å². The number of carbonyl (C=O) groups is 1. The Balaban J connectivity index is 2.16. The second-order valence-corrected chi connectivity index (χ2v) is 4.68. The zero-order valence-electron chi connectivity index (χ0n) is 10.5. The first kappa shape index (κ1) is 13.0. The standard InChI is InChI=1S/C12H12ClN5O2/c13-12-16-7-1-2-8(10(14)19)15-9(7)11(17-12)18-3-5-20-6-4-18/h1-2H,3-6H2,(H2,14,19). The van der Waals surface area contributed by atoms with Gasteiger partial charge in [-0.2, -0.15) is 4.98 Å². The number of primary amides is 1. The monoisotopic (exact) mass is 293 g/mol. The van der Waals surface area contributed by atoms with E-state index in [1.807, 2.05) is 4.90 Å². The second kappa shape index (κ2) is 5.18. The van der Waals surface area contributed by atoms with Gasteiger partial charge >= 0.3 is 0 Å². The molecule has 1 amide bonds. The summed E-state index contributed by atoms with van der Waals surface area (Å²) in [5, 5.41) is 0.146. The minimum Gasteiger partial charge on any atom is -0.378 e. The number of ether oxygens (including phenoxy) is 1. The lowest BCUT2D eigenvalue weighted by molar-refractivity contribution is 0.0996. The van der Waals surface area contributed by atoms with E-state index < -0.39 is 5.91 Å². The van der Waals surface area contributed by atoms with Crippen molar-refractivity contribution in [3.63, 3.8) is 0 Å². The maximum Gasteiger partial charge on any atom is 0.267 e. The molecule has 1 saturated heterocycles. The van der Waals surface area contributed by atoms with Gasteiger partial charge in [-0.15, -0.1) is 0 Å². The molecular weight excluding hydrogens is 282 g/mol. The fourth-order valence-electron chi connectivity index (χ4n) is 2.10. The predicted molar refractivity (Wildman–Crippen MR) is 73.9 cm³/mol. The first-order valence-electron chi connectivity index (χ1n) is 6.12. The van der Waals surface area contributed by atoms with Gasteiger partial charge < -0.3 is 15.4 Å². The molecule has 3 rings (SSSR count). The Morgan fingerprint density at radius 3 is 2.70 bits per heavy atom. The summed E-state index contributed by atoms with van der Waals surface area (Å²) < 4.78 is 5.31. The van der Waals surface area contributed by atoms with Crippen LogP contribution >= 0.6 is 11.6 Å². The smallest absolute Gasteiger partial charge is 0.267 e. The number of nitrogens with two attached hydrogens (primary N) is 1. The van der Waals surface area contributed by atoms with E-state index in [0.717, 1.165) is 0 Å². The molecule has 0 bridgehead atoms. The third kappa shape index (κ3) is 2.37. The van der Waals surface area contributed by atoms with E-state index >= 15 is 0 Å². The Bertz CT molecular complexity index is 672. The Hall–Kier alpha value is -1.99. The number of anilines is 1. The third-order valence-corrected chi connectivity index (χ3v) is 3.23. The van der Waals surface area contributed by atoms with Crippen LogP contribution in [0.15, 0.2) is 12.1 Å². The molecule has 3 heterocycles. The summed E-state index contributed by atoms with van der Waals surface area (Å²) in [5.74, 6) is 0.0150. The molecule has 1 aliphatic rings. The van der Waals surface area contributed by atoms with Crippen molar-refractivity contribution in [1.29, 1.82) is 0 Å². The maximum atomic E-state index is 11.3. The molecule has 1 aliphatic heterocycles. The molecule has 0 radical (unpaired) electrons. The summed E-state index contributed by atoms with van der Waals surface area (Å²) in [6.45, 7) is 2.59. The number of nitrogens with zero attached hydrogens (tertiary/aromatic N) is 4. The van der Waals surface area contributed by atoms with Gasteiger partial charge in [-0.25, -0.2) is 9.97 Å². The summed E-state index contributed by atoms with van der Waals surface area (Å²) in [4.78, 5) is 25.9. The molecule has 2 aromatic heterocycles. The molecule has 0 atom stereocenters. The lowest BCUT2D eigenvalue weighted by atomic mass is 10.2. The lowest BCUT2D eigenvalue weighted by Crippen LogP contribution is -2.37. The first-order chi connectivity index (χ1) is 9.65. The number of morpholine rings is 1. The van der Waals surface area contributed by atoms with Gasteiger partial charge in [0.05, 0.1) is 18.7 Å². The van der Waals surface area contributed by atoms with Gasteiger partial charge in [-0.3, -0.25) is 4.79 Å². The summed E-state index contributed by atoms with van der Waals surface area (Å²) in [6.07, 6.45) is 0. The SMILES string of the molecule is NC(=O)c1ccc2nc(Cl)nc(N3CCOCC3)c2n1. The van der Waals surface area contributed by atoms with Crippen LogP contribution in [0.25, 0.3) is 11.0 Å². The average molecular weight is 294 g/mol. The lowest BCUT2D eigenvalue weighted by Gasteiger charge is -2.28. The Morgan fingerprint density at radius 1 is 1.25 bits per heavy atom. The molecule has 20 heavy (non-hydrogen) atoms. The molecule has 0 spiro atoms. The number of carbonyl (C=O) groups excluding carboxylic acids is 1. The van der Waals surface area contributed by atoms with Crippen LogP contribution in [0.3, 0.4) is 0 Å². The minimum absolute atomic E-state index is 0.146. The van der Waals surface area contributed by atoms with Crippen molar-refractivity contribution < 1.29 is 9.53 Å². The minimum atomic E-state index is -0.588. The molecular formula is C12H12ClN5O2. The van der Waals surface area contributed by atoms with E-state index in [1.54, 1.807) is 6.07 Å². The molecule has 8 heteroatoms. The van der Waals surface area contributed by atoms with E-state index in [4.69, 9.17) is 22.1 Å². The molecule has 0 saturated carbocycles.